The Balaban J connectivity index is 2.51. The lowest BCUT2D eigenvalue weighted by atomic mass is 10.0. The van der Waals surface area contributed by atoms with Crippen molar-refractivity contribution in [1.29, 1.82) is 0 Å². The first kappa shape index (κ1) is 17.1. The van der Waals surface area contributed by atoms with Gasteiger partial charge in [-0.1, -0.05) is 17.7 Å². The van der Waals surface area contributed by atoms with Crippen LogP contribution in [0.1, 0.15) is 11.1 Å². The van der Waals surface area contributed by atoms with Crippen LogP contribution in [0.15, 0.2) is 24.3 Å². The van der Waals surface area contributed by atoms with E-state index in [0.717, 1.165) is 11.1 Å². The molecule has 0 aliphatic carbocycles. The third kappa shape index (κ3) is 3.40. The summed E-state index contributed by atoms with van der Waals surface area (Å²) in [5, 5.41) is 0.493. The van der Waals surface area contributed by atoms with Gasteiger partial charge in [-0.2, -0.15) is 0 Å². The van der Waals surface area contributed by atoms with Crippen LogP contribution in [0.25, 0.3) is 0 Å². The molecule has 6 heteroatoms. The molecule has 0 atom stereocenters. The molecule has 0 spiro atoms. The highest BCUT2D eigenvalue weighted by Crippen LogP contribution is 2.40. The van der Waals surface area contributed by atoms with Gasteiger partial charge in [0.05, 0.1) is 33.5 Å². The second kappa shape index (κ2) is 7.33. The summed E-state index contributed by atoms with van der Waals surface area (Å²) in [6, 6.07) is 7.22. The van der Waals surface area contributed by atoms with E-state index >= 15 is 0 Å². The van der Waals surface area contributed by atoms with E-state index in [1.165, 1.54) is 0 Å². The highest BCUT2D eigenvalue weighted by molar-refractivity contribution is 6.33. The Kier molecular flexibility index (Phi) is 5.45. The van der Waals surface area contributed by atoms with E-state index < -0.39 is 0 Å². The molecule has 23 heavy (non-hydrogen) atoms. The summed E-state index contributed by atoms with van der Waals surface area (Å²) in [7, 11) is 6.31. The van der Waals surface area contributed by atoms with E-state index in [0.29, 0.717) is 40.1 Å². The Morgan fingerprint density at radius 3 is 1.91 bits per heavy atom. The molecule has 0 amide bonds. The van der Waals surface area contributed by atoms with Gasteiger partial charge in [0.2, 0.25) is 0 Å². The summed E-state index contributed by atoms with van der Waals surface area (Å²) in [6.07, 6.45) is 0.506. The van der Waals surface area contributed by atoms with Crippen LogP contribution in [0, 0.1) is 0 Å². The number of ether oxygens (including phenoxy) is 4. The van der Waals surface area contributed by atoms with Crippen molar-refractivity contribution in [2.45, 2.75) is 6.42 Å². The van der Waals surface area contributed by atoms with Crippen LogP contribution in [0.5, 0.6) is 23.0 Å². The first-order valence-corrected chi connectivity index (χ1v) is 7.33. The van der Waals surface area contributed by atoms with Crippen LogP contribution in [0.2, 0.25) is 5.02 Å². The van der Waals surface area contributed by atoms with Crippen molar-refractivity contribution in [3.05, 3.63) is 40.4 Å². The number of hydrogen-bond acceptors (Lipinski definition) is 5. The van der Waals surface area contributed by atoms with Crippen molar-refractivity contribution in [2.24, 2.45) is 0 Å². The predicted octanol–water partition coefficient (Wildman–Crippen LogP) is 3.55. The van der Waals surface area contributed by atoms with Gasteiger partial charge in [0.15, 0.2) is 11.5 Å². The van der Waals surface area contributed by atoms with Crippen LogP contribution in [0.3, 0.4) is 0 Å². The molecule has 0 saturated heterocycles. The van der Waals surface area contributed by atoms with Crippen LogP contribution in [-0.2, 0) is 6.42 Å². The molecular weight excluding hydrogens is 318 g/mol. The maximum atomic E-state index is 6.45. The number of nitrogen functional groups attached to an aromatic ring is 1. The van der Waals surface area contributed by atoms with E-state index in [2.05, 4.69) is 0 Å². The zero-order chi connectivity index (χ0) is 17.0. The fourth-order valence-electron chi connectivity index (χ4n) is 2.44. The third-order valence-electron chi connectivity index (χ3n) is 3.56. The monoisotopic (exact) mass is 337 g/mol. The van der Waals surface area contributed by atoms with Crippen molar-refractivity contribution >= 4 is 17.3 Å². The summed E-state index contributed by atoms with van der Waals surface area (Å²) < 4.78 is 21.4. The molecule has 2 N–H and O–H groups in total. The average molecular weight is 338 g/mol. The fourth-order valence-corrected chi connectivity index (χ4v) is 2.74. The second-order valence-electron chi connectivity index (χ2n) is 4.85. The highest BCUT2D eigenvalue weighted by Gasteiger charge is 2.18. The quantitative estimate of drug-likeness (QED) is 0.817. The van der Waals surface area contributed by atoms with Crippen LogP contribution in [-0.4, -0.2) is 28.4 Å². The smallest absolute Gasteiger partial charge is 0.179 e. The Labute approximate surface area is 140 Å². The van der Waals surface area contributed by atoms with E-state index in [4.69, 9.17) is 36.3 Å². The summed E-state index contributed by atoms with van der Waals surface area (Å²) in [5.41, 5.74) is 8.16. The Morgan fingerprint density at radius 2 is 1.43 bits per heavy atom. The van der Waals surface area contributed by atoms with Gasteiger partial charge in [-0.3, -0.25) is 0 Å². The van der Waals surface area contributed by atoms with Crippen molar-refractivity contribution in [3.63, 3.8) is 0 Å². The third-order valence-corrected chi connectivity index (χ3v) is 3.98. The molecule has 0 radical (unpaired) electrons. The Bertz CT molecular complexity index is 678. The maximum Gasteiger partial charge on any atom is 0.179 e. The van der Waals surface area contributed by atoms with Crippen LogP contribution < -0.4 is 24.7 Å². The standard InChI is InChI=1S/C17H20ClNO4/c1-20-13-6-5-10(16(18)17(13)23-4)7-12-14(21-2)8-11(19)9-15(12)22-3/h5-6,8-9H,7,19H2,1-4H3. The molecule has 0 aliphatic rings. The fraction of sp³-hybridized carbons (Fsp3) is 0.294. The zero-order valence-corrected chi connectivity index (χ0v) is 14.4. The number of hydrogen-bond donors (Lipinski definition) is 1. The molecule has 0 aliphatic heterocycles. The minimum atomic E-state index is 0.493. The number of anilines is 1. The summed E-state index contributed by atoms with van der Waals surface area (Å²) in [5.74, 6) is 2.37. The lowest BCUT2D eigenvalue weighted by Crippen LogP contribution is -2.01. The van der Waals surface area contributed by atoms with Crippen molar-refractivity contribution in [3.8, 4) is 23.0 Å². The van der Waals surface area contributed by atoms with E-state index in [1.54, 1.807) is 40.6 Å². The molecule has 0 heterocycles. The van der Waals surface area contributed by atoms with Crippen molar-refractivity contribution in [2.75, 3.05) is 34.2 Å². The molecule has 0 fully saturated rings. The lowest BCUT2D eigenvalue weighted by molar-refractivity contribution is 0.354. The highest BCUT2D eigenvalue weighted by atomic mass is 35.5. The molecule has 0 unspecified atom stereocenters. The molecule has 2 aromatic rings. The maximum absolute atomic E-state index is 6.45. The number of rotatable bonds is 6. The Morgan fingerprint density at radius 1 is 0.870 bits per heavy atom. The average Bonchev–Trinajstić information content (AvgIpc) is 2.56. The van der Waals surface area contributed by atoms with Gasteiger partial charge in [0, 0.05) is 29.8 Å². The number of benzene rings is 2. The van der Waals surface area contributed by atoms with Crippen molar-refractivity contribution < 1.29 is 18.9 Å². The van der Waals surface area contributed by atoms with Gasteiger partial charge >= 0.3 is 0 Å². The van der Waals surface area contributed by atoms with Gasteiger partial charge in [-0.25, -0.2) is 0 Å². The number of nitrogens with two attached hydrogens (primary N) is 1. The van der Waals surface area contributed by atoms with Gasteiger partial charge in [-0.05, 0) is 11.6 Å². The SMILES string of the molecule is COc1cc(N)cc(OC)c1Cc1ccc(OC)c(OC)c1Cl. The molecular formula is C17H20ClNO4. The lowest BCUT2D eigenvalue weighted by Gasteiger charge is -2.17. The van der Waals surface area contributed by atoms with Gasteiger partial charge in [-0.15, -0.1) is 0 Å². The molecule has 0 aromatic heterocycles. The largest absolute Gasteiger partial charge is 0.496 e. The van der Waals surface area contributed by atoms with Gasteiger partial charge in [0.1, 0.15) is 11.5 Å². The Hall–Kier alpha value is -2.27. The number of halogens is 1. The predicted molar refractivity (Wildman–Crippen MR) is 91.3 cm³/mol. The summed E-state index contributed by atoms with van der Waals surface area (Å²) in [4.78, 5) is 0. The van der Waals surface area contributed by atoms with Crippen LogP contribution in [0.4, 0.5) is 5.69 Å². The first-order chi connectivity index (χ1) is 11.0. The topological polar surface area (TPSA) is 62.9 Å². The second-order valence-corrected chi connectivity index (χ2v) is 5.23. The summed E-state index contributed by atoms with van der Waals surface area (Å²) >= 11 is 6.45. The molecule has 2 rings (SSSR count). The minimum Gasteiger partial charge on any atom is -0.496 e. The molecule has 0 bridgehead atoms. The number of methoxy groups -OCH3 is 4. The molecule has 2 aromatic carbocycles. The molecule has 124 valence electrons. The zero-order valence-electron chi connectivity index (χ0n) is 13.6. The first-order valence-electron chi connectivity index (χ1n) is 6.95. The molecule has 0 saturated carbocycles. The van der Waals surface area contributed by atoms with Crippen LogP contribution >= 0.6 is 11.6 Å². The van der Waals surface area contributed by atoms with E-state index in [1.807, 2.05) is 12.1 Å². The molecule has 5 nitrogen and oxygen atoms in total. The van der Waals surface area contributed by atoms with E-state index in [-0.39, 0.29) is 0 Å². The van der Waals surface area contributed by atoms with Gasteiger partial charge in [0.25, 0.3) is 0 Å². The normalized spacial score (nSPS) is 10.3. The minimum absolute atomic E-state index is 0.493. The van der Waals surface area contributed by atoms with Gasteiger partial charge < -0.3 is 24.7 Å². The summed E-state index contributed by atoms with van der Waals surface area (Å²) in [6.45, 7) is 0. The van der Waals surface area contributed by atoms with Crippen molar-refractivity contribution in [1.82, 2.24) is 0 Å². The van der Waals surface area contributed by atoms with E-state index in [9.17, 15) is 0 Å².